The number of nitrogens with two attached hydrogens (primary N) is 3. The molecule has 13 atom stereocenters. The predicted octanol–water partition coefficient (Wildman–Crippen LogP) is -1.62. The summed E-state index contributed by atoms with van der Waals surface area (Å²) in [6.45, 7) is 6.00. The highest BCUT2D eigenvalue weighted by molar-refractivity contribution is 4.99. The Morgan fingerprint density at radius 3 is 2.21 bits per heavy atom. The Kier molecular flexibility index (Phi) is 10.1. The molecule has 3 aliphatic rings. The standard InChI is InChI=1S/C23H45N3O8/c1-4-11-5-6-12(8-24)31-22(11)34-21-14(25)7-13(10(2)3)20(19(21)30)33-23-18(29)16(26)17(28)15(9-27)32-23/h10-23,27-30H,4-9,24-26H2,1-3H3. The highest BCUT2D eigenvalue weighted by atomic mass is 16.7. The summed E-state index contributed by atoms with van der Waals surface area (Å²) in [5, 5.41) is 41.7. The van der Waals surface area contributed by atoms with Gasteiger partial charge < -0.3 is 56.6 Å². The minimum Gasteiger partial charge on any atom is -0.394 e. The lowest BCUT2D eigenvalue weighted by Crippen LogP contribution is -2.66. The van der Waals surface area contributed by atoms with Crippen LogP contribution in [0.1, 0.15) is 46.5 Å². The highest BCUT2D eigenvalue weighted by Gasteiger charge is 2.51. The van der Waals surface area contributed by atoms with Gasteiger partial charge in [-0.15, -0.1) is 0 Å². The Hall–Kier alpha value is -0.440. The van der Waals surface area contributed by atoms with Gasteiger partial charge in [-0.25, -0.2) is 0 Å². The zero-order chi connectivity index (χ0) is 25.2. The van der Waals surface area contributed by atoms with Gasteiger partial charge in [0.15, 0.2) is 12.6 Å². The topological polar surface area (TPSA) is 196 Å². The van der Waals surface area contributed by atoms with E-state index in [0.717, 1.165) is 19.3 Å². The Balaban J connectivity index is 1.78. The van der Waals surface area contributed by atoms with Crippen LogP contribution in [0.25, 0.3) is 0 Å². The fourth-order valence-electron chi connectivity index (χ4n) is 5.45. The van der Waals surface area contributed by atoms with Crippen molar-refractivity contribution in [3.63, 3.8) is 0 Å². The maximum atomic E-state index is 11.4. The largest absolute Gasteiger partial charge is 0.394 e. The molecule has 0 aromatic carbocycles. The van der Waals surface area contributed by atoms with Gasteiger partial charge in [-0.05, 0) is 37.5 Å². The summed E-state index contributed by atoms with van der Waals surface area (Å²) < 4.78 is 24.1. The van der Waals surface area contributed by atoms with Gasteiger partial charge in [0.05, 0.1) is 24.9 Å². The number of aliphatic hydroxyl groups is 4. The van der Waals surface area contributed by atoms with Crippen LogP contribution >= 0.6 is 0 Å². The van der Waals surface area contributed by atoms with Crippen molar-refractivity contribution >= 4 is 0 Å². The van der Waals surface area contributed by atoms with Crippen LogP contribution in [0.2, 0.25) is 0 Å². The zero-order valence-corrected chi connectivity index (χ0v) is 20.5. The summed E-state index contributed by atoms with van der Waals surface area (Å²) >= 11 is 0. The SMILES string of the molecule is CCC1CCC(CN)OC1OC1C(N)CC(C(C)C)C(OC2OC(CO)C(O)C(N)C2O)C1O. The molecule has 11 nitrogen and oxygen atoms in total. The molecule has 0 radical (unpaired) electrons. The summed E-state index contributed by atoms with van der Waals surface area (Å²) in [6.07, 6.45) is -4.96. The summed E-state index contributed by atoms with van der Waals surface area (Å²) in [6, 6.07) is -1.52. The summed E-state index contributed by atoms with van der Waals surface area (Å²) in [4.78, 5) is 0. The first kappa shape index (κ1) is 28.1. The minimum atomic E-state index is -1.34. The molecule has 3 rings (SSSR count). The second kappa shape index (κ2) is 12.2. The van der Waals surface area contributed by atoms with Crippen molar-refractivity contribution in [1.82, 2.24) is 0 Å². The molecule has 0 amide bonds. The first-order valence-electron chi connectivity index (χ1n) is 12.6. The first-order valence-corrected chi connectivity index (χ1v) is 12.6. The van der Waals surface area contributed by atoms with E-state index in [-0.39, 0.29) is 23.9 Å². The van der Waals surface area contributed by atoms with Crippen LogP contribution in [-0.4, -0.2) is 101 Å². The van der Waals surface area contributed by atoms with Crippen LogP contribution in [0.3, 0.4) is 0 Å². The van der Waals surface area contributed by atoms with Crippen molar-refractivity contribution in [1.29, 1.82) is 0 Å². The molecule has 1 aliphatic carbocycles. The molecule has 200 valence electrons. The second-order valence-electron chi connectivity index (χ2n) is 10.4. The summed E-state index contributed by atoms with van der Waals surface area (Å²) in [5.74, 6) is 0.122. The van der Waals surface area contributed by atoms with E-state index in [4.69, 9.17) is 36.1 Å². The quantitative estimate of drug-likeness (QED) is 0.206. The lowest BCUT2D eigenvalue weighted by atomic mass is 9.74. The lowest BCUT2D eigenvalue weighted by molar-refractivity contribution is -0.322. The molecule has 11 heteroatoms. The molecule has 2 aliphatic heterocycles. The normalized spacial score (nSPS) is 48.3. The van der Waals surface area contributed by atoms with Crippen molar-refractivity contribution < 1.29 is 39.4 Å². The van der Waals surface area contributed by atoms with E-state index in [1.165, 1.54) is 0 Å². The maximum Gasteiger partial charge on any atom is 0.186 e. The third kappa shape index (κ3) is 5.92. The fraction of sp³-hybridized carbons (Fsp3) is 1.00. The molecular formula is C23H45N3O8. The molecule has 0 aromatic heterocycles. The van der Waals surface area contributed by atoms with Crippen molar-refractivity contribution in [3.8, 4) is 0 Å². The van der Waals surface area contributed by atoms with Gasteiger partial charge in [-0.2, -0.15) is 0 Å². The number of hydrogen-bond donors (Lipinski definition) is 7. The number of aliphatic hydroxyl groups excluding tert-OH is 4. The zero-order valence-electron chi connectivity index (χ0n) is 20.5. The summed E-state index contributed by atoms with van der Waals surface area (Å²) in [7, 11) is 0. The highest BCUT2D eigenvalue weighted by Crippen LogP contribution is 2.38. The minimum absolute atomic E-state index is 0.102. The molecule has 10 N–H and O–H groups in total. The molecule has 13 unspecified atom stereocenters. The molecule has 0 aromatic rings. The average Bonchev–Trinajstić information content (AvgIpc) is 2.82. The van der Waals surface area contributed by atoms with E-state index in [9.17, 15) is 20.4 Å². The van der Waals surface area contributed by atoms with E-state index >= 15 is 0 Å². The van der Waals surface area contributed by atoms with Gasteiger partial charge in [-0.3, -0.25) is 0 Å². The molecule has 0 bridgehead atoms. The molecule has 2 heterocycles. The predicted molar refractivity (Wildman–Crippen MR) is 123 cm³/mol. The summed E-state index contributed by atoms with van der Waals surface area (Å²) in [5.41, 5.74) is 18.2. The van der Waals surface area contributed by atoms with Gasteiger partial charge in [0, 0.05) is 18.5 Å². The van der Waals surface area contributed by atoms with E-state index in [0.29, 0.717) is 13.0 Å². The Bertz CT molecular complexity index is 629. The Morgan fingerprint density at radius 2 is 1.62 bits per heavy atom. The molecule has 1 saturated carbocycles. The van der Waals surface area contributed by atoms with Crippen LogP contribution in [0, 0.1) is 17.8 Å². The van der Waals surface area contributed by atoms with Crippen molar-refractivity contribution in [2.75, 3.05) is 13.2 Å². The molecule has 0 spiro atoms. The van der Waals surface area contributed by atoms with Crippen LogP contribution in [-0.2, 0) is 18.9 Å². The Morgan fingerprint density at radius 1 is 0.941 bits per heavy atom. The van der Waals surface area contributed by atoms with Gasteiger partial charge in [-0.1, -0.05) is 20.8 Å². The number of ether oxygens (including phenoxy) is 4. The van der Waals surface area contributed by atoms with Crippen LogP contribution in [0.4, 0.5) is 0 Å². The molecular weight excluding hydrogens is 446 g/mol. The van der Waals surface area contributed by atoms with E-state index in [2.05, 4.69) is 6.92 Å². The molecule has 2 saturated heterocycles. The first-order chi connectivity index (χ1) is 16.1. The van der Waals surface area contributed by atoms with E-state index < -0.39 is 67.9 Å². The third-order valence-corrected chi connectivity index (χ3v) is 7.80. The number of hydrogen-bond acceptors (Lipinski definition) is 11. The monoisotopic (exact) mass is 491 g/mol. The van der Waals surface area contributed by atoms with Crippen LogP contribution < -0.4 is 17.2 Å². The van der Waals surface area contributed by atoms with Crippen molar-refractivity contribution in [3.05, 3.63) is 0 Å². The Labute approximate surface area is 201 Å². The maximum absolute atomic E-state index is 11.4. The second-order valence-corrected chi connectivity index (χ2v) is 10.4. The van der Waals surface area contributed by atoms with Crippen LogP contribution in [0.5, 0.6) is 0 Å². The van der Waals surface area contributed by atoms with Gasteiger partial charge in [0.25, 0.3) is 0 Å². The van der Waals surface area contributed by atoms with Crippen molar-refractivity contribution in [2.45, 2.75) is 114 Å². The van der Waals surface area contributed by atoms with Gasteiger partial charge in [0.2, 0.25) is 0 Å². The van der Waals surface area contributed by atoms with E-state index in [1.54, 1.807) is 0 Å². The van der Waals surface area contributed by atoms with Crippen LogP contribution in [0.15, 0.2) is 0 Å². The smallest absolute Gasteiger partial charge is 0.186 e. The lowest BCUT2D eigenvalue weighted by Gasteiger charge is -2.49. The molecule has 34 heavy (non-hydrogen) atoms. The third-order valence-electron chi connectivity index (χ3n) is 7.80. The van der Waals surface area contributed by atoms with E-state index in [1.807, 2.05) is 13.8 Å². The fourth-order valence-corrected chi connectivity index (χ4v) is 5.45. The van der Waals surface area contributed by atoms with Gasteiger partial charge in [0.1, 0.15) is 30.5 Å². The van der Waals surface area contributed by atoms with Crippen molar-refractivity contribution in [2.24, 2.45) is 35.0 Å². The molecule has 3 fully saturated rings. The number of rotatable bonds is 8. The van der Waals surface area contributed by atoms with Gasteiger partial charge >= 0.3 is 0 Å². The average molecular weight is 492 g/mol.